The molecular formula is C19H22F6N2O6. The molecule has 33 heavy (non-hydrogen) atoms. The van der Waals surface area contributed by atoms with Gasteiger partial charge in [0, 0.05) is 31.4 Å². The fraction of sp³-hybridized carbons (Fsp3) is 0.526. The van der Waals surface area contributed by atoms with Crippen LogP contribution in [0.2, 0.25) is 0 Å². The van der Waals surface area contributed by atoms with E-state index in [0.29, 0.717) is 11.9 Å². The summed E-state index contributed by atoms with van der Waals surface area (Å²) in [4.78, 5) is 24.5. The number of fused-ring (bicyclic) bond motifs is 1. The Morgan fingerprint density at radius 3 is 2.18 bits per heavy atom. The maximum absolute atomic E-state index is 10.6. The molecular weight excluding hydrogens is 466 g/mol. The summed E-state index contributed by atoms with van der Waals surface area (Å²) in [6.45, 7) is 6.53. The van der Waals surface area contributed by atoms with E-state index in [1.54, 1.807) is 6.20 Å². The summed E-state index contributed by atoms with van der Waals surface area (Å²) < 4.78 is 75.4. The molecule has 0 unspecified atom stereocenters. The molecule has 14 heteroatoms. The van der Waals surface area contributed by atoms with Gasteiger partial charge in [0.2, 0.25) is 5.88 Å². The molecule has 0 radical (unpaired) electrons. The fourth-order valence-corrected chi connectivity index (χ4v) is 3.08. The number of carboxylic acid groups (broad SMARTS) is 2. The van der Waals surface area contributed by atoms with Crippen molar-refractivity contribution < 1.29 is 55.6 Å². The molecule has 0 amide bonds. The van der Waals surface area contributed by atoms with Crippen LogP contribution in [-0.4, -0.2) is 82.3 Å². The Balaban J connectivity index is 0.000000324. The number of halogens is 6. The number of morpholine rings is 1. The SMILES string of the molecule is C=CCN1CCO[C@H]2[C@@H](Oc3ccccn3)CC[C@@H]21.O=C(O)C(F)(F)F.O=C(O)C(F)(F)F. The fourth-order valence-electron chi connectivity index (χ4n) is 3.08. The second-order valence-corrected chi connectivity index (χ2v) is 6.69. The van der Waals surface area contributed by atoms with Gasteiger partial charge >= 0.3 is 24.3 Å². The third-order valence-electron chi connectivity index (χ3n) is 4.41. The Bertz CT molecular complexity index is 750. The number of aromatic nitrogens is 1. The van der Waals surface area contributed by atoms with Crippen LogP contribution in [0.15, 0.2) is 37.1 Å². The monoisotopic (exact) mass is 488 g/mol. The van der Waals surface area contributed by atoms with Crippen LogP contribution in [0.4, 0.5) is 26.3 Å². The van der Waals surface area contributed by atoms with Gasteiger partial charge in [-0.2, -0.15) is 26.3 Å². The van der Waals surface area contributed by atoms with E-state index in [0.717, 1.165) is 32.5 Å². The van der Waals surface area contributed by atoms with Gasteiger partial charge < -0.3 is 19.7 Å². The molecule has 1 aromatic rings. The maximum atomic E-state index is 10.6. The normalized spacial score (nSPS) is 22.5. The van der Waals surface area contributed by atoms with Crippen molar-refractivity contribution in [1.82, 2.24) is 9.88 Å². The van der Waals surface area contributed by atoms with Gasteiger partial charge in [-0.25, -0.2) is 14.6 Å². The Labute approximate surface area is 184 Å². The molecule has 1 aliphatic heterocycles. The first-order valence-electron chi connectivity index (χ1n) is 9.41. The van der Waals surface area contributed by atoms with Gasteiger partial charge in [0.1, 0.15) is 12.2 Å². The van der Waals surface area contributed by atoms with Crippen molar-refractivity contribution in [3.05, 3.63) is 37.1 Å². The summed E-state index contributed by atoms with van der Waals surface area (Å²) in [6.07, 6.45) is -4.01. The molecule has 2 fully saturated rings. The summed E-state index contributed by atoms with van der Waals surface area (Å²) >= 11 is 0. The topological polar surface area (TPSA) is 109 Å². The van der Waals surface area contributed by atoms with Crippen molar-refractivity contribution in [2.45, 2.75) is 43.4 Å². The smallest absolute Gasteiger partial charge is 0.475 e. The van der Waals surface area contributed by atoms with Gasteiger partial charge in [-0.05, 0) is 18.9 Å². The number of rotatable bonds is 4. The van der Waals surface area contributed by atoms with Crippen LogP contribution in [0.1, 0.15) is 12.8 Å². The van der Waals surface area contributed by atoms with Gasteiger partial charge in [0.15, 0.2) is 0 Å². The predicted octanol–water partition coefficient (Wildman–Crippen LogP) is 3.14. The van der Waals surface area contributed by atoms with Crippen LogP contribution in [0.3, 0.4) is 0 Å². The predicted molar refractivity (Wildman–Crippen MR) is 101 cm³/mol. The Hall–Kier alpha value is -2.87. The number of hydrogen-bond donors (Lipinski definition) is 2. The second kappa shape index (κ2) is 12.4. The number of carbonyl (C=O) groups is 2. The summed E-state index contributed by atoms with van der Waals surface area (Å²) in [7, 11) is 0. The number of alkyl halides is 6. The molecule has 0 spiro atoms. The van der Waals surface area contributed by atoms with Crippen molar-refractivity contribution in [1.29, 1.82) is 0 Å². The largest absolute Gasteiger partial charge is 0.490 e. The summed E-state index contributed by atoms with van der Waals surface area (Å²) in [6, 6.07) is 6.20. The molecule has 0 bridgehead atoms. The van der Waals surface area contributed by atoms with Gasteiger partial charge in [0.05, 0.1) is 6.61 Å². The van der Waals surface area contributed by atoms with Crippen molar-refractivity contribution in [3.63, 3.8) is 0 Å². The first-order chi connectivity index (χ1) is 15.3. The Morgan fingerprint density at radius 2 is 1.73 bits per heavy atom. The minimum Gasteiger partial charge on any atom is -0.475 e. The zero-order valence-corrected chi connectivity index (χ0v) is 17.1. The molecule has 3 rings (SSSR count). The van der Waals surface area contributed by atoms with E-state index in [4.69, 9.17) is 29.3 Å². The summed E-state index contributed by atoms with van der Waals surface area (Å²) in [5.74, 6) is -4.82. The average molecular weight is 488 g/mol. The van der Waals surface area contributed by atoms with Gasteiger partial charge in [-0.15, -0.1) is 6.58 Å². The lowest BCUT2D eigenvalue weighted by Gasteiger charge is -2.38. The summed E-state index contributed by atoms with van der Waals surface area (Å²) in [5.41, 5.74) is 0. The number of ether oxygens (including phenoxy) is 2. The van der Waals surface area contributed by atoms with Gasteiger partial charge in [0.25, 0.3) is 0 Å². The molecule has 1 aliphatic carbocycles. The van der Waals surface area contributed by atoms with Crippen LogP contribution in [0.25, 0.3) is 0 Å². The van der Waals surface area contributed by atoms with E-state index >= 15 is 0 Å². The van der Waals surface area contributed by atoms with Crippen LogP contribution in [0.5, 0.6) is 5.88 Å². The number of aliphatic carboxylic acids is 2. The Kier molecular flexibility index (Phi) is 10.6. The highest BCUT2D eigenvalue weighted by Crippen LogP contribution is 2.32. The van der Waals surface area contributed by atoms with E-state index in [2.05, 4.69) is 16.5 Å². The molecule has 186 valence electrons. The number of carboxylic acids is 2. The second-order valence-electron chi connectivity index (χ2n) is 6.69. The van der Waals surface area contributed by atoms with E-state index in [1.807, 2.05) is 24.3 Å². The lowest BCUT2D eigenvalue weighted by Crippen LogP contribution is -2.52. The molecule has 0 aromatic carbocycles. The third kappa shape index (κ3) is 9.65. The lowest BCUT2D eigenvalue weighted by molar-refractivity contribution is -0.193. The van der Waals surface area contributed by atoms with E-state index in [-0.39, 0.29) is 12.2 Å². The van der Waals surface area contributed by atoms with Crippen LogP contribution >= 0.6 is 0 Å². The van der Waals surface area contributed by atoms with E-state index in [9.17, 15) is 26.3 Å². The maximum Gasteiger partial charge on any atom is 0.490 e. The van der Waals surface area contributed by atoms with Crippen molar-refractivity contribution >= 4 is 11.9 Å². The number of nitrogens with zero attached hydrogens (tertiary/aromatic N) is 2. The minimum atomic E-state index is -5.08. The van der Waals surface area contributed by atoms with E-state index in [1.165, 1.54) is 0 Å². The molecule has 1 aromatic heterocycles. The molecule has 1 saturated carbocycles. The quantitative estimate of drug-likeness (QED) is 0.492. The van der Waals surface area contributed by atoms with Crippen LogP contribution < -0.4 is 4.74 Å². The standard InChI is InChI=1S/C15H20N2O2.2C2HF3O2/c1-2-9-17-10-11-18-15-12(17)6-7-13(15)19-14-5-3-4-8-16-14;2*3-2(4,5)1(6)7/h2-5,8,12-13,15H,1,6-7,9-11H2;2*(H,6,7)/t12-,13-,15+;;/m0../s1. The number of pyridine rings is 1. The molecule has 8 nitrogen and oxygen atoms in total. The third-order valence-corrected chi connectivity index (χ3v) is 4.41. The van der Waals surface area contributed by atoms with Gasteiger partial charge in [-0.3, -0.25) is 4.90 Å². The summed E-state index contributed by atoms with van der Waals surface area (Å²) in [5, 5.41) is 14.2. The highest BCUT2D eigenvalue weighted by atomic mass is 19.4. The van der Waals surface area contributed by atoms with Crippen molar-refractivity contribution in [3.8, 4) is 5.88 Å². The molecule has 2 heterocycles. The lowest BCUT2D eigenvalue weighted by atomic mass is 10.1. The van der Waals surface area contributed by atoms with Crippen LogP contribution in [-0.2, 0) is 14.3 Å². The van der Waals surface area contributed by atoms with E-state index < -0.39 is 24.3 Å². The average Bonchev–Trinajstić information content (AvgIpc) is 3.12. The zero-order chi connectivity index (χ0) is 25.2. The van der Waals surface area contributed by atoms with Gasteiger partial charge in [-0.1, -0.05) is 12.1 Å². The van der Waals surface area contributed by atoms with Crippen LogP contribution in [0, 0.1) is 0 Å². The highest BCUT2D eigenvalue weighted by Gasteiger charge is 2.44. The minimum absolute atomic E-state index is 0.118. The molecule has 3 atom stereocenters. The van der Waals surface area contributed by atoms with Crippen molar-refractivity contribution in [2.75, 3.05) is 19.7 Å². The number of hydrogen-bond acceptors (Lipinski definition) is 6. The first kappa shape index (κ1) is 28.2. The molecule has 2 aliphatic rings. The molecule has 2 N–H and O–H groups in total. The highest BCUT2D eigenvalue weighted by molar-refractivity contribution is 5.73. The zero-order valence-electron chi connectivity index (χ0n) is 17.1. The van der Waals surface area contributed by atoms with Crippen molar-refractivity contribution in [2.24, 2.45) is 0 Å². The Morgan fingerprint density at radius 1 is 1.15 bits per heavy atom. The first-order valence-corrected chi connectivity index (χ1v) is 9.41. The molecule has 1 saturated heterocycles.